The fraction of sp³-hybridized carbons (Fsp3) is 0.429. The molecule has 0 bridgehead atoms. The van der Waals surface area contributed by atoms with Crippen molar-refractivity contribution in [3.8, 4) is 0 Å². The van der Waals surface area contributed by atoms with E-state index in [2.05, 4.69) is 10.6 Å². The topological polar surface area (TPSA) is 84.2 Å². The molecule has 1 aromatic carbocycles. The van der Waals surface area contributed by atoms with E-state index in [-0.39, 0.29) is 17.7 Å². The zero-order valence-electron chi connectivity index (χ0n) is 11.6. The quantitative estimate of drug-likeness (QED) is 0.748. The summed E-state index contributed by atoms with van der Waals surface area (Å²) in [7, 11) is 1.58. The van der Waals surface area contributed by atoms with Crippen molar-refractivity contribution in [2.75, 3.05) is 18.9 Å². The molecule has 19 heavy (non-hydrogen) atoms. The molecular formula is C14H21N3O2. The summed E-state index contributed by atoms with van der Waals surface area (Å²) in [5.41, 5.74) is 7.42. The first-order valence-electron chi connectivity index (χ1n) is 6.33. The zero-order valence-corrected chi connectivity index (χ0v) is 11.6. The van der Waals surface area contributed by atoms with Gasteiger partial charge in [0.25, 0.3) is 5.91 Å². The number of nitrogens with two attached hydrogens (primary N) is 1. The molecule has 2 amide bonds. The maximum Gasteiger partial charge on any atom is 0.251 e. The van der Waals surface area contributed by atoms with Crippen LogP contribution in [0.15, 0.2) is 18.2 Å². The van der Waals surface area contributed by atoms with Gasteiger partial charge in [-0.05, 0) is 37.6 Å². The molecule has 0 aliphatic heterocycles. The molecule has 0 radical (unpaired) electrons. The number of anilines is 1. The third-order valence-corrected chi connectivity index (χ3v) is 3.11. The molecule has 0 saturated heterocycles. The predicted octanol–water partition coefficient (Wildman–Crippen LogP) is 1.28. The van der Waals surface area contributed by atoms with Crippen LogP contribution in [0.3, 0.4) is 0 Å². The third kappa shape index (κ3) is 3.79. The molecule has 5 heteroatoms. The first kappa shape index (κ1) is 15.2. The highest BCUT2D eigenvalue weighted by Crippen LogP contribution is 2.20. The van der Waals surface area contributed by atoms with Crippen molar-refractivity contribution in [2.45, 2.75) is 20.3 Å². The molecule has 1 atom stereocenters. The van der Waals surface area contributed by atoms with E-state index >= 15 is 0 Å². The van der Waals surface area contributed by atoms with E-state index in [1.807, 2.05) is 13.8 Å². The predicted molar refractivity (Wildman–Crippen MR) is 76.0 cm³/mol. The van der Waals surface area contributed by atoms with Gasteiger partial charge < -0.3 is 16.4 Å². The van der Waals surface area contributed by atoms with Gasteiger partial charge in [-0.3, -0.25) is 9.59 Å². The number of hydrogen-bond acceptors (Lipinski definition) is 3. The molecule has 0 heterocycles. The van der Waals surface area contributed by atoms with Crippen molar-refractivity contribution in [1.82, 2.24) is 5.32 Å². The number of hydrogen-bond donors (Lipinski definition) is 3. The van der Waals surface area contributed by atoms with Crippen LogP contribution >= 0.6 is 0 Å². The molecule has 104 valence electrons. The molecule has 1 aromatic rings. The molecular weight excluding hydrogens is 242 g/mol. The van der Waals surface area contributed by atoms with Crippen molar-refractivity contribution in [3.05, 3.63) is 29.3 Å². The zero-order chi connectivity index (χ0) is 14.4. The Kier molecular flexibility index (Phi) is 5.51. The van der Waals surface area contributed by atoms with Crippen LogP contribution < -0.4 is 16.4 Å². The summed E-state index contributed by atoms with van der Waals surface area (Å²) in [5, 5.41) is 5.42. The summed E-state index contributed by atoms with van der Waals surface area (Å²) < 4.78 is 0. The molecule has 1 rings (SSSR count). The molecule has 0 aliphatic rings. The highest BCUT2D eigenvalue weighted by atomic mass is 16.2. The number of rotatable bonds is 5. The summed E-state index contributed by atoms with van der Waals surface area (Å²) in [6, 6.07) is 5.27. The van der Waals surface area contributed by atoms with Crippen LogP contribution in [0.25, 0.3) is 0 Å². The molecule has 5 nitrogen and oxygen atoms in total. The number of nitrogens with one attached hydrogen (secondary N) is 2. The Morgan fingerprint density at radius 3 is 2.63 bits per heavy atom. The van der Waals surface area contributed by atoms with Crippen LogP contribution in [0.1, 0.15) is 29.3 Å². The average molecular weight is 263 g/mol. The summed E-state index contributed by atoms with van der Waals surface area (Å²) in [4.78, 5) is 23.6. The maximum absolute atomic E-state index is 11.9. The van der Waals surface area contributed by atoms with E-state index in [1.54, 1.807) is 25.2 Å². The molecule has 4 N–H and O–H groups in total. The van der Waals surface area contributed by atoms with Gasteiger partial charge in [0.2, 0.25) is 5.91 Å². The van der Waals surface area contributed by atoms with Crippen molar-refractivity contribution >= 4 is 17.5 Å². The fourth-order valence-electron chi connectivity index (χ4n) is 1.79. The summed E-state index contributed by atoms with van der Waals surface area (Å²) >= 11 is 0. The van der Waals surface area contributed by atoms with E-state index < -0.39 is 0 Å². The van der Waals surface area contributed by atoms with Gasteiger partial charge in [0.15, 0.2) is 0 Å². The molecule has 1 unspecified atom stereocenters. The lowest BCUT2D eigenvalue weighted by Gasteiger charge is -2.14. The van der Waals surface area contributed by atoms with Crippen LogP contribution in [0.5, 0.6) is 0 Å². The molecule has 0 fully saturated rings. The Morgan fingerprint density at radius 2 is 2.05 bits per heavy atom. The van der Waals surface area contributed by atoms with E-state index in [4.69, 9.17) is 5.73 Å². The van der Waals surface area contributed by atoms with Gasteiger partial charge in [-0.2, -0.15) is 0 Å². The van der Waals surface area contributed by atoms with Gasteiger partial charge >= 0.3 is 0 Å². The van der Waals surface area contributed by atoms with Crippen LogP contribution in [0.2, 0.25) is 0 Å². The standard InChI is InChI=1S/C14H21N3O2/c1-9(7-8-15)13(18)17-12-6-4-5-11(10(12)2)14(19)16-3/h4-6,9H,7-8,15H2,1-3H3,(H,16,19)(H,17,18). The second-order valence-corrected chi connectivity index (χ2v) is 4.52. The minimum atomic E-state index is -0.163. The number of carbonyl (C=O) groups excluding carboxylic acids is 2. The van der Waals surface area contributed by atoms with Gasteiger partial charge in [0.05, 0.1) is 0 Å². The minimum absolute atomic E-state index is 0.0809. The van der Waals surface area contributed by atoms with Crippen molar-refractivity contribution in [2.24, 2.45) is 11.7 Å². The maximum atomic E-state index is 11.9. The highest BCUT2D eigenvalue weighted by Gasteiger charge is 2.15. The highest BCUT2D eigenvalue weighted by molar-refractivity contribution is 5.99. The van der Waals surface area contributed by atoms with Crippen LogP contribution in [-0.4, -0.2) is 25.4 Å². The van der Waals surface area contributed by atoms with Crippen LogP contribution in [-0.2, 0) is 4.79 Å². The second kappa shape index (κ2) is 6.89. The van der Waals surface area contributed by atoms with E-state index in [0.29, 0.717) is 24.2 Å². The number of carbonyl (C=O) groups is 2. The largest absolute Gasteiger partial charge is 0.355 e. The van der Waals surface area contributed by atoms with Gasteiger partial charge in [-0.15, -0.1) is 0 Å². The second-order valence-electron chi connectivity index (χ2n) is 4.52. The van der Waals surface area contributed by atoms with Crippen molar-refractivity contribution < 1.29 is 9.59 Å². The molecule has 0 aliphatic carbocycles. The summed E-state index contributed by atoms with van der Waals surface area (Å²) in [6.45, 7) is 4.12. The normalized spacial score (nSPS) is 11.8. The van der Waals surface area contributed by atoms with Crippen LogP contribution in [0, 0.1) is 12.8 Å². The lowest BCUT2D eigenvalue weighted by atomic mass is 10.0. The Labute approximate surface area is 113 Å². The minimum Gasteiger partial charge on any atom is -0.355 e. The smallest absolute Gasteiger partial charge is 0.251 e. The number of benzene rings is 1. The van der Waals surface area contributed by atoms with E-state index in [9.17, 15) is 9.59 Å². The van der Waals surface area contributed by atoms with Gasteiger partial charge in [-0.25, -0.2) is 0 Å². The lowest BCUT2D eigenvalue weighted by molar-refractivity contribution is -0.119. The average Bonchev–Trinajstić information content (AvgIpc) is 2.40. The first-order chi connectivity index (χ1) is 9.01. The van der Waals surface area contributed by atoms with Gasteiger partial charge in [0.1, 0.15) is 0 Å². The Balaban J connectivity index is 2.90. The van der Waals surface area contributed by atoms with Crippen molar-refractivity contribution in [1.29, 1.82) is 0 Å². The Hall–Kier alpha value is -1.88. The van der Waals surface area contributed by atoms with Crippen molar-refractivity contribution in [3.63, 3.8) is 0 Å². The SMILES string of the molecule is CNC(=O)c1cccc(NC(=O)C(C)CCN)c1C. The first-order valence-corrected chi connectivity index (χ1v) is 6.33. The Morgan fingerprint density at radius 1 is 1.37 bits per heavy atom. The van der Waals surface area contributed by atoms with E-state index in [1.165, 1.54) is 0 Å². The Bertz CT molecular complexity index is 472. The lowest BCUT2D eigenvalue weighted by Crippen LogP contribution is -2.24. The van der Waals surface area contributed by atoms with E-state index in [0.717, 1.165) is 5.56 Å². The summed E-state index contributed by atoms with van der Waals surface area (Å²) in [6.07, 6.45) is 0.639. The monoisotopic (exact) mass is 263 g/mol. The third-order valence-electron chi connectivity index (χ3n) is 3.11. The fourth-order valence-corrected chi connectivity index (χ4v) is 1.79. The molecule has 0 aromatic heterocycles. The van der Waals surface area contributed by atoms with Crippen LogP contribution in [0.4, 0.5) is 5.69 Å². The molecule has 0 saturated carbocycles. The molecule has 0 spiro atoms. The number of amides is 2. The summed E-state index contributed by atoms with van der Waals surface area (Å²) in [5.74, 6) is -0.390. The van der Waals surface area contributed by atoms with Gasteiger partial charge in [0, 0.05) is 24.2 Å². The van der Waals surface area contributed by atoms with Gasteiger partial charge in [-0.1, -0.05) is 13.0 Å².